The first kappa shape index (κ1) is 17.0. The average molecular weight is 384 g/mol. The molecule has 0 aliphatic rings. The first-order valence-electron chi connectivity index (χ1n) is 8.23. The molecule has 24 heavy (non-hydrogen) atoms. The lowest BCUT2D eigenvalue weighted by molar-refractivity contribution is 0.172. The van der Waals surface area contributed by atoms with Gasteiger partial charge in [-0.2, -0.15) is 0 Å². The molecule has 0 fully saturated rings. The van der Waals surface area contributed by atoms with Crippen LogP contribution < -0.4 is 4.74 Å². The van der Waals surface area contributed by atoms with Crippen LogP contribution in [-0.4, -0.2) is 17.0 Å². The van der Waals surface area contributed by atoms with E-state index in [0.717, 1.165) is 17.6 Å². The summed E-state index contributed by atoms with van der Waals surface area (Å²) in [6.07, 6.45) is 0.904. The van der Waals surface area contributed by atoms with E-state index in [9.17, 15) is 0 Å². The van der Waals surface area contributed by atoms with Crippen molar-refractivity contribution in [2.75, 3.05) is 7.05 Å². The van der Waals surface area contributed by atoms with Gasteiger partial charge < -0.3 is 4.74 Å². The molecule has 0 aromatic heterocycles. The van der Waals surface area contributed by atoms with E-state index in [-0.39, 0.29) is 6.10 Å². The lowest BCUT2D eigenvalue weighted by atomic mass is 10.0. The highest BCUT2D eigenvalue weighted by Gasteiger charge is 2.19. The van der Waals surface area contributed by atoms with E-state index in [0.29, 0.717) is 6.04 Å². The summed E-state index contributed by atoms with van der Waals surface area (Å²) in [6, 6.07) is 25.4. The Labute approximate surface area is 152 Å². The van der Waals surface area contributed by atoms with Crippen molar-refractivity contribution in [3.63, 3.8) is 0 Å². The standard InChI is InChI=1S/C21H22BrNO/c1-16(23(2)22)15-21(18-10-4-3-5-11-18)24-20-14-8-12-17-9-6-7-13-19(17)20/h3-14,16,21H,15H2,1-2H3. The maximum absolute atomic E-state index is 6.49. The third-order valence-electron chi connectivity index (χ3n) is 4.35. The maximum Gasteiger partial charge on any atom is 0.128 e. The first-order valence-corrected chi connectivity index (χ1v) is 8.94. The van der Waals surface area contributed by atoms with Gasteiger partial charge in [0.25, 0.3) is 0 Å². The fourth-order valence-electron chi connectivity index (χ4n) is 2.83. The predicted octanol–water partition coefficient (Wildman–Crippen LogP) is 5.98. The van der Waals surface area contributed by atoms with Crippen molar-refractivity contribution in [1.82, 2.24) is 3.93 Å². The van der Waals surface area contributed by atoms with Gasteiger partial charge in [-0.05, 0) is 31.0 Å². The molecule has 0 aliphatic carbocycles. The zero-order valence-corrected chi connectivity index (χ0v) is 15.6. The largest absolute Gasteiger partial charge is 0.485 e. The van der Waals surface area contributed by atoms with Gasteiger partial charge in [-0.15, -0.1) is 0 Å². The quantitative estimate of drug-likeness (QED) is 0.485. The second-order valence-corrected chi connectivity index (χ2v) is 7.22. The number of hydrogen-bond donors (Lipinski definition) is 0. The number of hydrogen-bond acceptors (Lipinski definition) is 2. The molecule has 0 amide bonds. The molecule has 3 aromatic carbocycles. The Morgan fingerprint density at radius 1 is 0.917 bits per heavy atom. The molecular formula is C21H22BrNO. The molecule has 3 heteroatoms. The Morgan fingerprint density at radius 2 is 1.58 bits per heavy atom. The summed E-state index contributed by atoms with van der Waals surface area (Å²) in [5.74, 6) is 0.936. The molecule has 0 radical (unpaired) electrons. The Morgan fingerprint density at radius 3 is 2.33 bits per heavy atom. The van der Waals surface area contributed by atoms with Crippen LogP contribution in [0, 0.1) is 0 Å². The molecule has 0 saturated carbocycles. The first-order chi connectivity index (χ1) is 11.6. The maximum atomic E-state index is 6.49. The van der Waals surface area contributed by atoms with Crippen molar-refractivity contribution in [3.05, 3.63) is 78.4 Å². The Bertz CT molecular complexity index is 783. The van der Waals surface area contributed by atoms with Gasteiger partial charge in [0.05, 0.1) is 0 Å². The van der Waals surface area contributed by atoms with Crippen LogP contribution in [0.5, 0.6) is 5.75 Å². The Balaban J connectivity index is 1.93. The van der Waals surface area contributed by atoms with Gasteiger partial charge in [0, 0.05) is 34.0 Å². The molecule has 2 unspecified atom stereocenters. The number of ether oxygens (including phenoxy) is 1. The minimum absolute atomic E-state index is 0.00649. The van der Waals surface area contributed by atoms with Gasteiger partial charge in [0.15, 0.2) is 0 Å². The highest BCUT2D eigenvalue weighted by Crippen LogP contribution is 2.32. The van der Waals surface area contributed by atoms with Crippen LogP contribution in [-0.2, 0) is 0 Å². The molecule has 0 bridgehead atoms. The topological polar surface area (TPSA) is 12.5 Å². The van der Waals surface area contributed by atoms with E-state index in [2.05, 4.69) is 93.7 Å². The van der Waals surface area contributed by atoms with Crippen molar-refractivity contribution >= 4 is 26.9 Å². The number of nitrogens with zero attached hydrogens (tertiary/aromatic N) is 1. The van der Waals surface area contributed by atoms with E-state index in [4.69, 9.17) is 4.74 Å². The van der Waals surface area contributed by atoms with Crippen molar-refractivity contribution in [2.24, 2.45) is 0 Å². The zero-order chi connectivity index (χ0) is 16.9. The molecule has 124 valence electrons. The Kier molecular flexibility index (Phi) is 5.54. The van der Waals surface area contributed by atoms with E-state index >= 15 is 0 Å². The summed E-state index contributed by atoms with van der Waals surface area (Å²) >= 11 is 3.54. The third-order valence-corrected chi connectivity index (χ3v) is 5.05. The smallest absolute Gasteiger partial charge is 0.128 e. The molecule has 3 rings (SSSR count). The second kappa shape index (κ2) is 7.82. The minimum Gasteiger partial charge on any atom is -0.485 e. The molecule has 2 nitrogen and oxygen atoms in total. The SMILES string of the molecule is CC(CC(Oc1cccc2ccccc12)c1ccccc1)N(C)Br. The van der Waals surface area contributed by atoms with Gasteiger partial charge in [-0.3, -0.25) is 0 Å². The van der Waals surface area contributed by atoms with E-state index in [1.807, 2.05) is 13.1 Å². The monoisotopic (exact) mass is 383 g/mol. The molecule has 0 N–H and O–H groups in total. The molecule has 0 saturated heterocycles. The van der Waals surface area contributed by atoms with E-state index in [1.54, 1.807) is 0 Å². The fraction of sp³-hybridized carbons (Fsp3) is 0.238. The number of rotatable bonds is 6. The highest BCUT2D eigenvalue weighted by molar-refractivity contribution is 9.07. The summed E-state index contributed by atoms with van der Waals surface area (Å²) in [7, 11) is 2.03. The van der Waals surface area contributed by atoms with E-state index in [1.165, 1.54) is 10.9 Å². The summed E-state index contributed by atoms with van der Waals surface area (Å²) in [5.41, 5.74) is 1.20. The second-order valence-electron chi connectivity index (χ2n) is 6.10. The fourth-order valence-corrected chi connectivity index (χ4v) is 2.99. The molecule has 3 aromatic rings. The van der Waals surface area contributed by atoms with Gasteiger partial charge in [0.1, 0.15) is 11.9 Å². The van der Waals surface area contributed by atoms with Gasteiger partial charge >= 0.3 is 0 Å². The van der Waals surface area contributed by atoms with Crippen LogP contribution in [0.1, 0.15) is 25.0 Å². The van der Waals surface area contributed by atoms with Crippen LogP contribution in [0.3, 0.4) is 0 Å². The predicted molar refractivity (Wildman–Crippen MR) is 105 cm³/mol. The van der Waals surface area contributed by atoms with Crippen LogP contribution in [0.2, 0.25) is 0 Å². The number of fused-ring (bicyclic) bond motifs is 1. The molecule has 0 spiro atoms. The van der Waals surface area contributed by atoms with Gasteiger partial charge in [0.2, 0.25) is 0 Å². The minimum atomic E-state index is 0.00649. The summed E-state index contributed by atoms with van der Waals surface area (Å²) in [5, 5.41) is 2.35. The van der Waals surface area contributed by atoms with Crippen molar-refractivity contribution < 1.29 is 4.74 Å². The number of halogens is 1. The molecule has 2 atom stereocenters. The number of benzene rings is 3. The zero-order valence-electron chi connectivity index (χ0n) is 14.0. The van der Waals surface area contributed by atoms with Gasteiger partial charge in [-0.1, -0.05) is 66.7 Å². The summed E-state index contributed by atoms with van der Waals surface area (Å²) in [4.78, 5) is 0. The lowest BCUT2D eigenvalue weighted by Gasteiger charge is -2.26. The Hall–Kier alpha value is -1.84. The molecule has 0 heterocycles. The van der Waals surface area contributed by atoms with Crippen molar-refractivity contribution in [3.8, 4) is 5.75 Å². The van der Waals surface area contributed by atoms with Crippen molar-refractivity contribution in [2.45, 2.75) is 25.5 Å². The highest BCUT2D eigenvalue weighted by atomic mass is 79.9. The molecule has 0 aliphatic heterocycles. The molecular weight excluding hydrogens is 362 g/mol. The van der Waals surface area contributed by atoms with Crippen LogP contribution in [0.15, 0.2) is 72.8 Å². The van der Waals surface area contributed by atoms with E-state index < -0.39 is 0 Å². The summed E-state index contributed by atoms with van der Waals surface area (Å²) < 4.78 is 8.54. The average Bonchev–Trinajstić information content (AvgIpc) is 2.62. The van der Waals surface area contributed by atoms with Crippen molar-refractivity contribution in [1.29, 1.82) is 0 Å². The summed E-state index contributed by atoms with van der Waals surface area (Å²) in [6.45, 7) is 2.19. The van der Waals surface area contributed by atoms with Gasteiger partial charge in [-0.25, -0.2) is 3.93 Å². The normalized spacial score (nSPS) is 13.8. The van der Waals surface area contributed by atoms with Crippen LogP contribution >= 0.6 is 16.1 Å². The van der Waals surface area contributed by atoms with Crippen LogP contribution in [0.4, 0.5) is 0 Å². The van der Waals surface area contributed by atoms with Crippen LogP contribution in [0.25, 0.3) is 10.8 Å². The lowest BCUT2D eigenvalue weighted by Crippen LogP contribution is -2.24. The third kappa shape index (κ3) is 3.97.